The van der Waals surface area contributed by atoms with Crippen molar-refractivity contribution in [2.24, 2.45) is 0 Å². The maximum Gasteiger partial charge on any atom is 0.0491 e. The maximum atomic E-state index is 2.51. The van der Waals surface area contributed by atoms with E-state index in [0.717, 1.165) is 51.9 Å². The molecule has 0 amide bonds. The lowest BCUT2D eigenvalue weighted by molar-refractivity contribution is 0.724. The molecule has 0 bridgehead atoms. The minimum absolute atomic E-state index is 0.985. The summed E-state index contributed by atoms with van der Waals surface area (Å²) in [6.07, 6.45) is 4.31. The van der Waals surface area contributed by atoms with Crippen molar-refractivity contribution >= 4 is 87.2 Å². The molecule has 0 saturated heterocycles. The Morgan fingerprint density at radius 1 is 0.231 bits per heavy atom. The molecule has 0 aliphatic rings. The average molecular weight is 1010 g/mol. The van der Waals surface area contributed by atoms with Crippen LogP contribution in [0.15, 0.2) is 194 Å². The lowest BCUT2D eigenvalue weighted by Gasteiger charge is -2.20. The Labute approximate surface area is 457 Å². The van der Waals surface area contributed by atoms with Crippen molar-refractivity contribution < 1.29 is 0 Å². The third-order valence-electron chi connectivity index (χ3n) is 17.3. The van der Waals surface area contributed by atoms with E-state index in [-0.39, 0.29) is 0 Å². The molecule has 10 aromatic carbocycles. The molecule has 382 valence electrons. The molecular formula is C74H66N4. The van der Waals surface area contributed by atoms with E-state index in [2.05, 4.69) is 254 Å². The minimum Gasteiger partial charge on any atom is -0.340 e. The highest BCUT2D eigenvalue weighted by atomic mass is 15.0. The van der Waals surface area contributed by atoms with E-state index in [9.17, 15) is 0 Å². The SMILES string of the molecule is CCCn1c2ccccc2c2cc(-c3cc(-c4cc(-c5ccc6c(c5)c5ccccc5n6CCC)c(C)c(-c5ccc6c(c5)c5ccccc5n6CCC)c4)cc(-c4ccc5c(c4)c4ccccc4n5CCC)c3C)ccc21. The molecule has 0 N–H and O–H groups in total. The number of fused-ring (bicyclic) bond motifs is 12. The van der Waals surface area contributed by atoms with E-state index in [1.807, 2.05) is 0 Å². The van der Waals surface area contributed by atoms with Crippen molar-refractivity contribution in [3.05, 3.63) is 205 Å². The number of hydrogen-bond acceptors (Lipinski definition) is 0. The monoisotopic (exact) mass is 1010 g/mol. The van der Waals surface area contributed by atoms with E-state index in [4.69, 9.17) is 0 Å². The summed E-state index contributed by atoms with van der Waals surface area (Å²) < 4.78 is 10.1. The molecule has 0 unspecified atom stereocenters. The zero-order valence-corrected chi connectivity index (χ0v) is 45.9. The largest absolute Gasteiger partial charge is 0.340 e. The molecule has 78 heavy (non-hydrogen) atoms. The summed E-state index contributed by atoms with van der Waals surface area (Å²) in [6, 6.07) is 74.8. The van der Waals surface area contributed by atoms with E-state index >= 15 is 0 Å². The summed E-state index contributed by atoms with van der Waals surface area (Å²) in [4.78, 5) is 0. The molecule has 0 radical (unpaired) electrons. The number of benzene rings is 10. The number of para-hydroxylation sites is 4. The molecule has 0 aliphatic heterocycles. The fraction of sp³-hybridized carbons (Fsp3) is 0.189. The van der Waals surface area contributed by atoms with Gasteiger partial charge in [-0.25, -0.2) is 0 Å². The summed E-state index contributed by atoms with van der Waals surface area (Å²) in [6.45, 7) is 17.8. The Bertz CT molecular complexity index is 4110. The molecule has 0 spiro atoms. The molecule has 0 atom stereocenters. The molecule has 0 aliphatic carbocycles. The Kier molecular flexibility index (Phi) is 11.7. The number of aromatic nitrogens is 4. The number of nitrogens with zero attached hydrogens (tertiary/aromatic N) is 4. The van der Waals surface area contributed by atoms with Gasteiger partial charge in [0.15, 0.2) is 0 Å². The molecular weight excluding hydrogens is 945 g/mol. The Morgan fingerprint density at radius 2 is 0.449 bits per heavy atom. The fourth-order valence-electron chi connectivity index (χ4n) is 13.7. The summed E-state index contributed by atoms with van der Waals surface area (Å²) >= 11 is 0. The number of rotatable bonds is 13. The highest BCUT2D eigenvalue weighted by Crippen LogP contribution is 2.45. The van der Waals surface area contributed by atoms with Crippen LogP contribution in [0.25, 0.3) is 143 Å². The van der Waals surface area contributed by atoms with Crippen molar-refractivity contribution in [1.29, 1.82) is 0 Å². The van der Waals surface area contributed by atoms with Crippen molar-refractivity contribution in [2.45, 2.75) is 93.4 Å². The Balaban J connectivity index is 1.04. The van der Waals surface area contributed by atoms with E-state index < -0.39 is 0 Å². The molecule has 14 aromatic rings. The smallest absolute Gasteiger partial charge is 0.0491 e. The molecule has 4 aromatic heterocycles. The van der Waals surface area contributed by atoms with Crippen molar-refractivity contribution in [3.8, 4) is 55.6 Å². The quantitative estimate of drug-likeness (QED) is 0.110. The van der Waals surface area contributed by atoms with E-state index in [1.165, 1.54) is 154 Å². The van der Waals surface area contributed by atoms with Crippen LogP contribution in [-0.4, -0.2) is 18.3 Å². The van der Waals surface area contributed by atoms with Gasteiger partial charge in [-0.15, -0.1) is 0 Å². The first-order valence-electron chi connectivity index (χ1n) is 28.7. The van der Waals surface area contributed by atoms with Gasteiger partial charge in [-0.2, -0.15) is 0 Å². The molecule has 0 saturated carbocycles. The van der Waals surface area contributed by atoms with Crippen LogP contribution < -0.4 is 0 Å². The standard InChI is InChI=1S/C74H66N4/c1-7-35-75-67-23-15-11-19-55(67)63-39-49(27-31-71(63)75)59-43-53(44-60(47(59)5)50-28-32-72-64(40-50)56-20-12-16-24-68(56)76(72)36-8-2)54-45-61(51-29-33-73-65(41-51)57-21-13-17-25-69(57)77(73)37-9-3)48(6)62(46-54)52-30-34-74-66(42-52)58-22-14-18-26-70(58)78(74)38-10-4/h11-34,39-46H,7-10,35-38H2,1-6H3. The second-order valence-corrected chi connectivity index (χ2v) is 22.0. The predicted octanol–water partition coefficient (Wildman–Crippen LogP) is 20.7. The van der Waals surface area contributed by atoms with Crippen LogP contribution in [0.2, 0.25) is 0 Å². The van der Waals surface area contributed by atoms with Gasteiger partial charge in [-0.05, 0) is 203 Å². The molecule has 0 fully saturated rings. The van der Waals surface area contributed by atoms with Crippen molar-refractivity contribution in [2.75, 3.05) is 0 Å². The van der Waals surface area contributed by atoms with Crippen molar-refractivity contribution in [3.63, 3.8) is 0 Å². The minimum atomic E-state index is 0.985. The van der Waals surface area contributed by atoms with E-state index in [0.29, 0.717) is 0 Å². The predicted molar refractivity (Wildman–Crippen MR) is 336 cm³/mol. The van der Waals surface area contributed by atoms with Gasteiger partial charge in [0.25, 0.3) is 0 Å². The first kappa shape index (κ1) is 47.8. The van der Waals surface area contributed by atoms with Crippen LogP contribution in [0, 0.1) is 13.8 Å². The van der Waals surface area contributed by atoms with Gasteiger partial charge in [-0.1, -0.05) is 125 Å². The van der Waals surface area contributed by atoms with Crippen LogP contribution in [-0.2, 0) is 26.2 Å². The van der Waals surface area contributed by atoms with Crippen LogP contribution in [0.4, 0.5) is 0 Å². The van der Waals surface area contributed by atoms with Gasteiger partial charge < -0.3 is 18.3 Å². The lowest BCUT2D eigenvalue weighted by Crippen LogP contribution is -1.97. The van der Waals surface area contributed by atoms with Gasteiger partial charge >= 0.3 is 0 Å². The molecule has 4 nitrogen and oxygen atoms in total. The molecule has 4 heterocycles. The average Bonchev–Trinajstić information content (AvgIpc) is 4.27. The number of aryl methyl sites for hydroxylation is 4. The maximum absolute atomic E-state index is 2.51. The van der Waals surface area contributed by atoms with Gasteiger partial charge in [0, 0.05) is 113 Å². The molecule has 14 rings (SSSR count). The highest BCUT2D eigenvalue weighted by Gasteiger charge is 2.22. The van der Waals surface area contributed by atoms with Crippen molar-refractivity contribution in [1.82, 2.24) is 18.3 Å². The summed E-state index contributed by atoms with van der Waals surface area (Å²) in [5.41, 5.74) is 25.3. The van der Waals surface area contributed by atoms with Crippen LogP contribution >= 0.6 is 0 Å². The van der Waals surface area contributed by atoms with Crippen LogP contribution in [0.5, 0.6) is 0 Å². The third-order valence-corrected chi connectivity index (χ3v) is 17.3. The van der Waals surface area contributed by atoms with Gasteiger partial charge in [0.1, 0.15) is 0 Å². The van der Waals surface area contributed by atoms with Gasteiger partial charge in [0.2, 0.25) is 0 Å². The summed E-state index contributed by atoms with van der Waals surface area (Å²) in [5, 5.41) is 10.5. The highest BCUT2D eigenvalue weighted by molar-refractivity contribution is 6.13. The Morgan fingerprint density at radius 3 is 0.679 bits per heavy atom. The normalized spacial score (nSPS) is 12.1. The lowest BCUT2D eigenvalue weighted by atomic mass is 9.84. The molecule has 4 heteroatoms. The summed E-state index contributed by atoms with van der Waals surface area (Å²) in [5.74, 6) is 0. The zero-order chi connectivity index (χ0) is 52.8. The fourth-order valence-corrected chi connectivity index (χ4v) is 13.7. The zero-order valence-electron chi connectivity index (χ0n) is 45.9. The van der Waals surface area contributed by atoms with Gasteiger partial charge in [-0.3, -0.25) is 0 Å². The van der Waals surface area contributed by atoms with Gasteiger partial charge in [0.05, 0.1) is 0 Å². The van der Waals surface area contributed by atoms with Crippen LogP contribution in [0.3, 0.4) is 0 Å². The second-order valence-electron chi connectivity index (χ2n) is 22.0. The third kappa shape index (κ3) is 7.47. The Hall–Kier alpha value is -8.60. The topological polar surface area (TPSA) is 19.7 Å². The first-order chi connectivity index (χ1) is 38.3. The second kappa shape index (κ2) is 19.1. The van der Waals surface area contributed by atoms with E-state index in [1.54, 1.807) is 0 Å². The first-order valence-corrected chi connectivity index (χ1v) is 28.7. The van der Waals surface area contributed by atoms with Crippen LogP contribution in [0.1, 0.15) is 64.5 Å². The number of hydrogen-bond donors (Lipinski definition) is 0. The summed E-state index contributed by atoms with van der Waals surface area (Å²) in [7, 11) is 0.